The van der Waals surface area contributed by atoms with Crippen LogP contribution in [0.1, 0.15) is 0 Å². The lowest BCUT2D eigenvalue weighted by Crippen LogP contribution is -2.16. The van der Waals surface area contributed by atoms with Crippen molar-refractivity contribution in [2.75, 3.05) is 10.5 Å². The Morgan fingerprint density at radius 1 is 1.10 bits per heavy atom. The molecule has 0 bridgehead atoms. The molecule has 0 aliphatic carbocycles. The summed E-state index contributed by atoms with van der Waals surface area (Å²) in [6, 6.07) is 6.34. The molecule has 0 spiro atoms. The van der Waals surface area contributed by atoms with Crippen LogP contribution in [0.15, 0.2) is 44.2 Å². The molecule has 0 atom stereocenters. The van der Waals surface area contributed by atoms with Gasteiger partial charge < -0.3 is 5.73 Å². The summed E-state index contributed by atoms with van der Waals surface area (Å²) in [4.78, 5) is -0.139. The third kappa shape index (κ3) is 3.35. The van der Waals surface area contributed by atoms with Crippen LogP contribution < -0.4 is 10.5 Å². The standard InChI is InChI=1S/C12H8Br2F2N2O2S/c13-6-1-2-7(14)10(5-6)21(19,20)18-12-9(17)4-3-8(15)11(12)16/h1-5,18H,17H2. The Kier molecular flexibility index (Phi) is 4.54. The van der Waals surface area contributed by atoms with Gasteiger partial charge in [-0.15, -0.1) is 0 Å². The molecule has 0 aliphatic heterocycles. The molecule has 0 unspecified atom stereocenters. The molecular formula is C12H8Br2F2N2O2S. The minimum Gasteiger partial charge on any atom is -0.397 e. The maximum Gasteiger partial charge on any atom is 0.263 e. The van der Waals surface area contributed by atoms with Crippen molar-refractivity contribution in [3.8, 4) is 0 Å². The number of nitrogens with one attached hydrogen (secondary N) is 1. The van der Waals surface area contributed by atoms with Gasteiger partial charge in [0.15, 0.2) is 11.6 Å². The van der Waals surface area contributed by atoms with Crippen LogP contribution in [-0.4, -0.2) is 8.42 Å². The highest BCUT2D eigenvalue weighted by atomic mass is 79.9. The van der Waals surface area contributed by atoms with Crippen molar-refractivity contribution < 1.29 is 17.2 Å². The van der Waals surface area contributed by atoms with Gasteiger partial charge in [0.2, 0.25) is 0 Å². The number of benzene rings is 2. The molecule has 9 heteroatoms. The van der Waals surface area contributed by atoms with E-state index in [1.54, 1.807) is 6.07 Å². The molecular weight excluding hydrogens is 434 g/mol. The largest absolute Gasteiger partial charge is 0.397 e. The normalized spacial score (nSPS) is 11.4. The number of hydrogen-bond donors (Lipinski definition) is 2. The van der Waals surface area contributed by atoms with Gasteiger partial charge in [-0.05, 0) is 46.3 Å². The number of nitrogens with two attached hydrogens (primary N) is 1. The molecule has 0 aliphatic rings. The highest BCUT2D eigenvalue weighted by Gasteiger charge is 2.22. The molecule has 0 saturated carbocycles. The molecule has 0 amide bonds. The van der Waals surface area contributed by atoms with E-state index >= 15 is 0 Å². The number of halogens is 4. The van der Waals surface area contributed by atoms with Crippen molar-refractivity contribution in [2.24, 2.45) is 0 Å². The fourth-order valence-electron chi connectivity index (χ4n) is 1.54. The molecule has 0 aromatic heterocycles. The monoisotopic (exact) mass is 440 g/mol. The second-order valence-corrected chi connectivity index (χ2v) is 7.43. The lowest BCUT2D eigenvalue weighted by molar-refractivity contribution is 0.512. The van der Waals surface area contributed by atoms with Gasteiger partial charge in [0.1, 0.15) is 10.6 Å². The minimum atomic E-state index is -4.14. The Balaban J connectivity index is 2.53. The van der Waals surface area contributed by atoms with E-state index in [-0.39, 0.29) is 15.1 Å². The first-order valence-corrected chi connectivity index (χ1v) is 8.50. The van der Waals surface area contributed by atoms with Crippen molar-refractivity contribution in [1.29, 1.82) is 0 Å². The molecule has 0 radical (unpaired) electrons. The zero-order valence-electron chi connectivity index (χ0n) is 10.2. The Morgan fingerprint density at radius 2 is 1.76 bits per heavy atom. The van der Waals surface area contributed by atoms with Crippen molar-refractivity contribution >= 4 is 53.3 Å². The zero-order valence-corrected chi connectivity index (χ0v) is 14.2. The van der Waals surface area contributed by atoms with Crippen LogP contribution in [0, 0.1) is 11.6 Å². The number of rotatable bonds is 3. The number of hydrogen-bond acceptors (Lipinski definition) is 3. The van der Waals surface area contributed by atoms with Crippen molar-refractivity contribution in [2.45, 2.75) is 4.90 Å². The Hall–Kier alpha value is -1.19. The van der Waals surface area contributed by atoms with Gasteiger partial charge in [-0.1, -0.05) is 15.9 Å². The Morgan fingerprint density at radius 3 is 2.43 bits per heavy atom. The summed E-state index contributed by atoms with van der Waals surface area (Å²) < 4.78 is 54.2. The van der Waals surface area contributed by atoms with Crippen LogP contribution in [0.4, 0.5) is 20.2 Å². The summed E-state index contributed by atoms with van der Waals surface area (Å²) in [6.45, 7) is 0. The Bertz CT molecular complexity index is 813. The second-order valence-electron chi connectivity index (χ2n) is 4.01. The topological polar surface area (TPSA) is 72.2 Å². The van der Waals surface area contributed by atoms with E-state index in [1.807, 2.05) is 4.72 Å². The van der Waals surface area contributed by atoms with E-state index in [0.717, 1.165) is 12.1 Å². The van der Waals surface area contributed by atoms with Crippen LogP contribution in [-0.2, 0) is 10.0 Å². The molecule has 0 fully saturated rings. The van der Waals surface area contributed by atoms with Gasteiger partial charge >= 0.3 is 0 Å². The van der Waals surface area contributed by atoms with E-state index in [1.165, 1.54) is 12.1 Å². The summed E-state index contributed by atoms with van der Waals surface area (Å²) in [6.07, 6.45) is 0. The summed E-state index contributed by atoms with van der Waals surface area (Å²) in [5, 5.41) is 0. The van der Waals surface area contributed by atoms with Crippen LogP contribution in [0.3, 0.4) is 0 Å². The van der Waals surface area contributed by atoms with Crippen molar-refractivity contribution in [3.05, 3.63) is 50.9 Å². The molecule has 2 aromatic carbocycles. The summed E-state index contributed by atoms with van der Waals surface area (Å²) >= 11 is 6.23. The maximum atomic E-state index is 13.7. The molecule has 2 rings (SSSR count). The van der Waals surface area contributed by atoms with Gasteiger partial charge in [-0.25, -0.2) is 17.2 Å². The van der Waals surface area contributed by atoms with Crippen molar-refractivity contribution in [3.63, 3.8) is 0 Å². The number of anilines is 2. The molecule has 21 heavy (non-hydrogen) atoms. The quantitative estimate of drug-likeness (QED) is 0.710. The highest BCUT2D eigenvalue weighted by molar-refractivity contribution is 9.11. The smallest absolute Gasteiger partial charge is 0.263 e. The lowest BCUT2D eigenvalue weighted by Gasteiger charge is -2.13. The summed E-state index contributed by atoms with van der Waals surface area (Å²) in [7, 11) is -4.14. The van der Waals surface area contributed by atoms with E-state index in [2.05, 4.69) is 31.9 Å². The van der Waals surface area contributed by atoms with Crippen LogP contribution in [0.5, 0.6) is 0 Å². The number of nitrogen functional groups attached to an aromatic ring is 1. The average molecular weight is 442 g/mol. The van der Waals surface area contributed by atoms with Gasteiger partial charge in [0, 0.05) is 8.95 Å². The number of sulfonamides is 1. The predicted molar refractivity (Wildman–Crippen MR) is 83.4 cm³/mol. The SMILES string of the molecule is Nc1ccc(F)c(F)c1NS(=O)(=O)c1cc(Br)ccc1Br. The molecule has 112 valence electrons. The van der Waals surface area contributed by atoms with Gasteiger partial charge in [-0.3, -0.25) is 4.72 Å². The Labute approximate surface area is 136 Å². The maximum absolute atomic E-state index is 13.7. The third-order valence-corrected chi connectivity index (χ3v) is 5.38. The van der Waals surface area contributed by atoms with Gasteiger partial charge in [-0.2, -0.15) is 0 Å². The van der Waals surface area contributed by atoms with E-state index < -0.39 is 27.3 Å². The van der Waals surface area contributed by atoms with E-state index in [4.69, 9.17) is 5.73 Å². The molecule has 0 heterocycles. The first kappa shape index (κ1) is 16.2. The first-order chi connectivity index (χ1) is 9.72. The predicted octanol–water partition coefficient (Wildman–Crippen LogP) is 3.87. The molecule has 4 nitrogen and oxygen atoms in total. The zero-order chi connectivity index (χ0) is 15.8. The van der Waals surface area contributed by atoms with E-state index in [9.17, 15) is 17.2 Å². The van der Waals surface area contributed by atoms with Crippen LogP contribution in [0.2, 0.25) is 0 Å². The fourth-order valence-corrected chi connectivity index (χ4v) is 4.13. The lowest BCUT2D eigenvalue weighted by atomic mass is 10.2. The van der Waals surface area contributed by atoms with E-state index in [0.29, 0.717) is 4.47 Å². The minimum absolute atomic E-state index is 0.139. The summed E-state index contributed by atoms with van der Waals surface area (Å²) in [5.41, 5.74) is 4.65. The third-order valence-electron chi connectivity index (χ3n) is 2.55. The molecule has 3 N–H and O–H groups in total. The molecule has 2 aromatic rings. The van der Waals surface area contributed by atoms with Gasteiger partial charge in [0.25, 0.3) is 10.0 Å². The first-order valence-electron chi connectivity index (χ1n) is 5.43. The van der Waals surface area contributed by atoms with Crippen LogP contribution in [0.25, 0.3) is 0 Å². The average Bonchev–Trinajstić information content (AvgIpc) is 2.42. The van der Waals surface area contributed by atoms with Crippen LogP contribution >= 0.6 is 31.9 Å². The van der Waals surface area contributed by atoms with Gasteiger partial charge in [0.05, 0.1) is 5.69 Å². The fraction of sp³-hybridized carbons (Fsp3) is 0. The second kappa shape index (κ2) is 5.90. The molecule has 0 saturated heterocycles. The highest BCUT2D eigenvalue weighted by Crippen LogP contribution is 2.31. The summed E-state index contributed by atoms with van der Waals surface area (Å²) in [5.74, 6) is -2.56. The van der Waals surface area contributed by atoms with Crippen molar-refractivity contribution in [1.82, 2.24) is 0 Å².